The topological polar surface area (TPSA) is 69.2 Å². The minimum atomic E-state index is 0.211. The van der Waals surface area contributed by atoms with Crippen molar-refractivity contribution in [2.45, 2.75) is 58.0 Å². The fourth-order valence-electron chi connectivity index (χ4n) is 5.06. The number of amides is 1. The first kappa shape index (κ1) is 24.4. The summed E-state index contributed by atoms with van der Waals surface area (Å²) in [5.41, 5.74) is 1.23. The number of hydrogen-bond acceptors (Lipinski definition) is 4. The molecule has 1 aliphatic carbocycles. The van der Waals surface area contributed by atoms with Crippen LogP contribution in [0.3, 0.4) is 0 Å². The Labute approximate surface area is 193 Å². The summed E-state index contributed by atoms with van der Waals surface area (Å²) in [7, 11) is 3.52. The molecule has 7 nitrogen and oxygen atoms in total. The molecule has 1 saturated heterocycles. The van der Waals surface area contributed by atoms with Gasteiger partial charge < -0.3 is 20.3 Å². The number of methoxy groups -OCH3 is 1. The van der Waals surface area contributed by atoms with Crippen molar-refractivity contribution in [1.29, 1.82) is 0 Å². The number of nitrogens with one attached hydrogen (secondary N) is 2. The molecule has 0 aromatic heterocycles. The van der Waals surface area contributed by atoms with Gasteiger partial charge in [0.15, 0.2) is 5.96 Å². The SMILES string of the molecule is CCN(CC)C(CNC(=NC)NC1CCN(C(=O)C2CCCC2)C1)c1cccc(OC)c1. The molecule has 178 valence electrons. The Kier molecular flexibility index (Phi) is 9.21. The highest BCUT2D eigenvalue weighted by molar-refractivity contribution is 5.81. The smallest absolute Gasteiger partial charge is 0.225 e. The second-order valence-corrected chi connectivity index (χ2v) is 8.86. The number of rotatable bonds is 9. The second-order valence-electron chi connectivity index (χ2n) is 8.86. The standard InChI is InChI=1S/C25H41N5O2/c1-5-29(6-2)23(20-12-9-13-22(16-20)32-4)17-27-25(26-3)28-21-14-15-30(18-21)24(31)19-10-7-8-11-19/h9,12-13,16,19,21,23H,5-8,10-11,14-15,17-18H2,1-4H3,(H2,26,27,28). The number of likely N-dealkylation sites (tertiary alicyclic amines) is 1. The zero-order valence-electron chi connectivity index (χ0n) is 20.3. The van der Waals surface area contributed by atoms with Gasteiger partial charge in [0.2, 0.25) is 5.91 Å². The van der Waals surface area contributed by atoms with E-state index in [9.17, 15) is 4.79 Å². The zero-order chi connectivity index (χ0) is 22.9. The molecule has 2 unspecified atom stereocenters. The van der Waals surface area contributed by atoms with Crippen LogP contribution in [-0.4, -0.2) is 74.6 Å². The number of carbonyl (C=O) groups is 1. The third kappa shape index (κ3) is 6.15. The second kappa shape index (κ2) is 12.1. The summed E-state index contributed by atoms with van der Waals surface area (Å²) in [5, 5.41) is 7.08. The van der Waals surface area contributed by atoms with Crippen LogP contribution in [0, 0.1) is 5.92 Å². The van der Waals surface area contributed by atoms with E-state index in [0.717, 1.165) is 63.7 Å². The molecule has 2 atom stereocenters. The molecule has 1 aliphatic heterocycles. The van der Waals surface area contributed by atoms with E-state index < -0.39 is 0 Å². The summed E-state index contributed by atoms with van der Waals surface area (Å²) in [4.78, 5) is 21.7. The van der Waals surface area contributed by atoms with Gasteiger partial charge in [0.05, 0.1) is 13.2 Å². The van der Waals surface area contributed by atoms with Gasteiger partial charge in [-0.1, -0.05) is 38.8 Å². The molecule has 32 heavy (non-hydrogen) atoms. The molecular weight excluding hydrogens is 402 g/mol. The van der Waals surface area contributed by atoms with E-state index in [1.165, 1.54) is 18.4 Å². The van der Waals surface area contributed by atoms with E-state index in [2.05, 4.69) is 51.4 Å². The van der Waals surface area contributed by atoms with Crippen LogP contribution in [0.15, 0.2) is 29.3 Å². The lowest BCUT2D eigenvalue weighted by Gasteiger charge is -2.31. The summed E-state index contributed by atoms with van der Waals surface area (Å²) in [6.07, 6.45) is 5.49. The van der Waals surface area contributed by atoms with Crippen LogP contribution in [0.5, 0.6) is 5.75 Å². The minimum absolute atomic E-state index is 0.211. The highest BCUT2D eigenvalue weighted by Crippen LogP contribution is 2.28. The summed E-state index contributed by atoms with van der Waals surface area (Å²) < 4.78 is 5.45. The van der Waals surface area contributed by atoms with Crippen LogP contribution in [0.4, 0.5) is 0 Å². The van der Waals surface area contributed by atoms with E-state index in [-0.39, 0.29) is 18.0 Å². The maximum absolute atomic E-state index is 12.8. The monoisotopic (exact) mass is 443 g/mol. The van der Waals surface area contributed by atoms with Gasteiger partial charge >= 0.3 is 0 Å². The number of likely N-dealkylation sites (N-methyl/N-ethyl adjacent to an activating group) is 1. The van der Waals surface area contributed by atoms with Crippen molar-refractivity contribution in [2.24, 2.45) is 10.9 Å². The Morgan fingerprint density at radius 1 is 1.25 bits per heavy atom. The highest BCUT2D eigenvalue weighted by Gasteiger charge is 2.32. The molecule has 1 aromatic carbocycles. The number of benzene rings is 1. The summed E-state index contributed by atoms with van der Waals surface area (Å²) in [6.45, 7) is 8.67. The van der Waals surface area contributed by atoms with Crippen molar-refractivity contribution in [2.75, 3.05) is 46.9 Å². The van der Waals surface area contributed by atoms with Crippen molar-refractivity contribution < 1.29 is 9.53 Å². The molecule has 1 amide bonds. The molecule has 2 N–H and O–H groups in total. The van der Waals surface area contributed by atoms with E-state index in [0.29, 0.717) is 5.91 Å². The molecule has 1 saturated carbocycles. The third-order valence-electron chi connectivity index (χ3n) is 6.96. The molecule has 0 radical (unpaired) electrons. The van der Waals surface area contributed by atoms with Gasteiger partial charge in [0, 0.05) is 38.6 Å². The average molecular weight is 444 g/mol. The van der Waals surface area contributed by atoms with Crippen molar-refractivity contribution in [3.05, 3.63) is 29.8 Å². The third-order valence-corrected chi connectivity index (χ3v) is 6.96. The van der Waals surface area contributed by atoms with E-state index >= 15 is 0 Å². The fraction of sp³-hybridized carbons (Fsp3) is 0.680. The Hall–Kier alpha value is -2.28. The molecule has 2 aliphatic rings. The molecular formula is C25H41N5O2. The molecule has 1 heterocycles. The first-order valence-electron chi connectivity index (χ1n) is 12.2. The van der Waals surface area contributed by atoms with E-state index in [4.69, 9.17) is 4.74 Å². The molecule has 7 heteroatoms. The van der Waals surface area contributed by atoms with Crippen molar-refractivity contribution in [3.63, 3.8) is 0 Å². The first-order chi connectivity index (χ1) is 15.6. The fourth-order valence-corrected chi connectivity index (χ4v) is 5.06. The summed E-state index contributed by atoms with van der Waals surface area (Å²) in [6, 6.07) is 8.76. The highest BCUT2D eigenvalue weighted by atomic mass is 16.5. The molecule has 0 spiro atoms. The van der Waals surface area contributed by atoms with Gasteiger partial charge in [0.25, 0.3) is 0 Å². The number of guanidine groups is 1. The maximum Gasteiger partial charge on any atom is 0.225 e. The van der Waals surface area contributed by atoms with Gasteiger partial charge in [-0.3, -0.25) is 14.7 Å². The first-order valence-corrected chi connectivity index (χ1v) is 12.2. The van der Waals surface area contributed by atoms with E-state index in [1.54, 1.807) is 7.11 Å². The van der Waals surface area contributed by atoms with Crippen molar-refractivity contribution >= 4 is 11.9 Å². The Morgan fingerprint density at radius 2 is 2.00 bits per heavy atom. The number of hydrogen-bond donors (Lipinski definition) is 2. The lowest BCUT2D eigenvalue weighted by atomic mass is 10.0. The molecule has 0 bridgehead atoms. The Balaban J connectivity index is 1.58. The lowest BCUT2D eigenvalue weighted by Crippen LogP contribution is -2.47. The number of ether oxygens (including phenoxy) is 1. The van der Waals surface area contributed by atoms with Gasteiger partial charge in [-0.05, 0) is 50.0 Å². The average Bonchev–Trinajstić information content (AvgIpc) is 3.53. The van der Waals surface area contributed by atoms with Crippen LogP contribution < -0.4 is 15.4 Å². The van der Waals surface area contributed by atoms with Gasteiger partial charge in [-0.15, -0.1) is 0 Å². The number of carbonyl (C=O) groups excluding carboxylic acids is 1. The number of aliphatic imine (C=N–C) groups is 1. The van der Waals surface area contributed by atoms with Crippen LogP contribution in [0.1, 0.15) is 57.6 Å². The Bertz CT molecular complexity index is 758. The molecule has 3 rings (SSSR count). The van der Waals surface area contributed by atoms with Crippen LogP contribution in [-0.2, 0) is 4.79 Å². The van der Waals surface area contributed by atoms with Crippen molar-refractivity contribution in [1.82, 2.24) is 20.4 Å². The van der Waals surface area contributed by atoms with Crippen LogP contribution >= 0.6 is 0 Å². The lowest BCUT2D eigenvalue weighted by molar-refractivity contribution is -0.134. The van der Waals surface area contributed by atoms with Crippen LogP contribution in [0.2, 0.25) is 0 Å². The number of nitrogens with zero attached hydrogens (tertiary/aromatic N) is 3. The van der Waals surface area contributed by atoms with Gasteiger partial charge in [-0.25, -0.2) is 0 Å². The predicted molar refractivity (Wildman–Crippen MR) is 130 cm³/mol. The Morgan fingerprint density at radius 3 is 2.66 bits per heavy atom. The van der Waals surface area contributed by atoms with Gasteiger partial charge in [-0.2, -0.15) is 0 Å². The quantitative estimate of drug-likeness (QED) is 0.454. The summed E-state index contributed by atoms with van der Waals surface area (Å²) >= 11 is 0. The largest absolute Gasteiger partial charge is 0.497 e. The van der Waals surface area contributed by atoms with Crippen LogP contribution in [0.25, 0.3) is 0 Å². The van der Waals surface area contributed by atoms with Gasteiger partial charge in [0.1, 0.15) is 5.75 Å². The molecule has 1 aromatic rings. The minimum Gasteiger partial charge on any atom is -0.497 e. The normalized spacial score (nSPS) is 20.6. The molecule has 2 fully saturated rings. The van der Waals surface area contributed by atoms with Crippen molar-refractivity contribution in [3.8, 4) is 5.75 Å². The zero-order valence-corrected chi connectivity index (χ0v) is 20.3. The predicted octanol–water partition coefficient (Wildman–Crippen LogP) is 3.03. The summed E-state index contributed by atoms with van der Waals surface area (Å²) in [5.74, 6) is 2.28. The van der Waals surface area contributed by atoms with E-state index in [1.807, 2.05) is 19.2 Å². The maximum atomic E-state index is 12.8.